The standard InChI is InChI=1S/C5H7N3O4/c6-4(10)8(5(11)12)2-1-7-3(2)9/h2H,1H2,(H2,6,10)(H,7,9)(H,11,12)/t2-/m0/s1. The minimum atomic E-state index is -1.51. The van der Waals surface area contributed by atoms with Gasteiger partial charge in [-0.2, -0.15) is 0 Å². The van der Waals surface area contributed by atoms with Gasteiger partial charge in [0.2, 0.25) is 5.91 Å². The number of nitrogens with zero attached hydrogens (tertiary/aromatic N) is 1. The Labute approximate surface area is 67.1 Å². The first-order chi connectivity index (χ1) is 5.54. The van der Waals surface area contributed by atoms with E-state index in [4.69, 9.17) is 10.8 Å². The molecule has 12 heavy (non-hydrogen) atoms. The molecule has 1 rings (SSSR count). The number of hydrogen-bond acceptors (Lipinski definition) is 3. The van der Waals surface area contributed by atoms with Crippen LogP contribution in [0.4, 0.5) is 9.59 Å². The van der Waals surface area contributed by atoms with Crippen molar-refractivity contribution in [3.63, 3.8) is 0 Å². The number of carboxylic acid groups (broad SMARTS) is 1. The van der Waals surface area contributed by atoms with E-state index in [2.05, 4.69) is 5.32 Å². The third-order valence-corrected chi connectivity index (χ3v) is 1.53. The Kier molecular flexibility index (Phi) is 1.86. The molecule has 0 aromatic heterocycles. The maximum Gasteiger partial charge on any atom is 0.416 e. The molecule has 1 aliphatic rings. The summed E-state index contributed by atoms with van der Waals surface area (Å²) in [7, 11) is 0. The lowest BCUT2D eigenvalue weighted by Gasteiger charge is -2.31. The fourth-order valence-corrected chi connectivity index (χ4v) is 0.866. The van der Waals surface area contributed by atoms with E-state index in [-0.39, 0.29) is 6.54 Å². The summed E-state index contributed by atoms with van der Waals surface area (Å²) < 4.78 is 0. The monoisotopic (exact) mass is 173 g/mol. The van der Waals surface area contributed by atoms with E-state index in [1.165, 1.54) is 0 Å². The highest BCUT2D eigenvalue weighted by Gasteiger charge is 2.39. The summed E-state index contributed by atoms with van der Waals surface area (Å²) in [6.45, 7) is 0.133. The summed E-state index contributed by atoms with van der Waals surface area (Å²) in [6, 6.07) is -2.10. The second kappa shape index (κ2) is 2.68. The summed E-state index contributed by atoms with van der Waals surface area (Å²) in [4.78, 5) is 31.8. The normalized spacial score (nSPS) is 20.7. The first kappa shape index (κ1) is 8.31. The Morgan fingerprint density at radius 2 is 2.25 bits per heavy atom. The van der Waals surface area contributed by atoms with Crippen LogP contribution in [-0.4, -0.2) is 40.6 Å². The highest BCUT2D eigenvalue weighted by Crippen LogP contribution is 2.06. The van der Waals surface area contributed by atoms with Gasteiger partial charge in [0.15, 0.2) is 0 Å². The number of amides is 4. The minimum Gasteiger partial charge on any atom is -0.465 e. The van der Waals surface area contributed by atoms with Crippen molar-refractivity contribution in [3.05, 3.63) is 0 Å². The van der Waals surface area contributed by atoms with Crippen LogP contribution < -0.4 is 11.1 Å². The predicted molar refractivity (Wildman–Crippen MR) is 36.2 cm³/mol. The molecule has 4 amide bonds. The number of nitrogens with one attached hydrogen (secondary N) is 1. The van der Waals surface area contributed by atoms with Crippen molar-refractivity contribution in [1.82, 2.24) is 10.2 Å². The third-order valence-electron chi connectivity index (χ3n) is 1.53. The Morgan fingerprint density at radius 3 is 2.33 bits per heavy atom. The van der Waals surface area contributed by atoms with E-state index in [0.29, 0.717) is 4.90 Å². The summed E-state index contributed by atoms with van der Waals surface area (Å²) in [5.41, 5.74) is 4.74. The highest BCUT2D eigenvalue weighted by molar-refractivity contribution is 5.98. The Hall–Kier alpha value is -1.79. The number of rotatable bonds is 1. The zero-order valence-corrected chi connectivity index (χ0v) is 5.98. The van der Waals surface area contributed by atoms with Crippen LogP contribution in [0.5, 0.6) is 0 Å². The Balaban J connectivity index is 2.72. The number of carbonyl (C=O) groups is 3. The minimum absolute atomic E-state index is 0.133. The molecule has 0 radical (unpaired) electrons. The van der Waals surface area contributed by atoms with Crippen molar-refractivity contribution in [2.24, 2.45) is 5.73 Å². The molecule has 0 spiro atoms. The largest absolute Gasteiger partial charge is 0.465 e. The van der Waals surface area contributed by atoms with Gasteiger partial charge in [0.1, 0.15) is 6.04 Å². The molecule has 0 unspecified atom stereocenters. The number of carbonyl (C=O) groups excluding carboxylic acids is 2. The van der Waals surface area contributed by atoms with Crippen LogP contribution in [0, 0.1) is 0 Å². The van der Waals surface area contributed by atoms with E-state index in [1.807, 2.05) is 0 Å². The average Bonchev–Trinajstić information content (AvgIpc) is 1.95. The Morgan fingerprint density at radius 1 is 1.67 bits per heavy atom. The van der Waals surface area contributed by atoms with Gasteiger partial charge >= 0.3 is 12.1 Å². The van der Waals surface area contributed by atoms with Crippen LogP contribution in [-0.2, 0) is 4.79 Å². The molecule has 4 N–H and O–H groups in total. The topological polar surface area (TPSA) is 113 Å². The van der Waals surface area contributed by atoms with Crippen molar-refractivity contribution >= 4 is 18.0 Å². The number of hydrogen-bond donors (Lipinski definition) is 3. The predicted octanol–water partition coefficient (Wildman–Crippen LogP) is -1.46. The van der Waals surface area contributed by atoms with Crippen LogP contribution in [0.1, 0.15) is 0 Å². The summed E-state index contributed by atoms with van der Waals surface area (Å²) >= 11 is 0. The lowest BCUT2D eigenvalue weighted by atomic mass is 10.1. The number of primary amides is 1. The second-order valence-electron chi connectivity index (χ2n) is 2.25. The molecule has 66 valence electrons. The fourth-order valence-electron chi connectivity index (χ4n) is 0.866. The maximum atomic E-state index is 10.7. The summed E-state index contributed by atoms with van der Waals surface area (Å²) in [5, 5.41) is 10.7. The first-order valence-corrected chi connectivity index (χ1v) is 3.13. The lowest BCUT2D eigenvalue weighted by Crippen LogP contribution is -2.65. The average molecular weight is 173 g/mol. The van der Waals surface area contributed by atoms with E-state index >= 15 is 0 Å². The van der Waals surface area contributed by atoms with Gasteiger partial charge in [-0.15, -0.1) is 0 Å². The molecule has 0 bridgehead atoms. The van der Waals surface area contributed by atoms with Crippen molar-refractivity contribution in [2.45, 2.75) is 6.04 Å². The van der Waals surface area contributed by atoms with Gasteiger partial charge in [-0.1, -0.05) is 0 Å². The molecule has 0 saturated carbocycles. The molecule has 1 aliphatic heterocycles. The van der Waals surface area contributed by atoms with Crippen LogP contribution >= 0.6 is 0 Å². The first-order valence-electron chi connectivity index (χ1n) is 3.13. The van der Waals surface area contributed by atoms with E-state index in [9.17, 15) is 14.4 Å². The lowest BCUT2D eigenvalue weighted by molar-refractivity contribution is -0.131. The quantitative estimate of drug-likeness (QED) is 0.420. The van der Waals surface area contributed by atoms with Gasteiger partial charge in [-0.25, -0.2) is 14.5 Å². The van der Waals surface area contributed by atoms with Gasteiger partial charge in [-0.3, -0.25) is 4.79 Å². The second-order valence-corrected chi connectivity index (χ2v) is 2.25. The number of imide groups is 1. The zero-order chi connectivity index (χ0) is 9.30. The Bertz CT molecular complexity index is 237. The number of urea groups is 1. The molecule has 0 aromatic carbocycles. The van der Waals surface area contributed by atoms with Gasteiger partial charge in [-0.05, 0) is 0 Å². The van der Waals surface area contributed by atoms with Crippen molar-refractivity contribution in [3.8, 4) is 0 Å². The van der Waals surface area contributed by atoms with E-state index in [1.54, 1.807) is 0 Å². The molecule has 7 heteroatoms. The summed E-state index contributed by atoms with van der Waals surface area (Å²) in [5.74, 6) is -0.504. The SMILES string of the molecule is NC(=O)N(C(=O)O)[C@H]1CNC1=O. The van der Waals surface area contributed by atoms with Gasteiger partial charge in [0.05, 0.1) is 0 Å². The van der Waals surface area contributed by atoms with Gasteiger partial charge < -0.3 is 16.2 Å². The fraction of sp³-hybridized carbons (Fsp3) is 0.400. The van der Waals surface area contributed by atoms with Crippen molar-refractivity contribution in [1.29, 1.82) is 0 Å². The molecule has 0 aliphatic carbocycles. The maximum absolute atomic E-state index is 10.7. The van der Waals surface area contributed by atoms with Crippen molar-refractivity contribution < 1.29 is 19.5 Å². The molecular weight excluding hydrogens is 166 g/mol. The molecule has 7 nitrogen and oxygen atoms in total. The molecule has 1 heterocycles. The van der Waals surface area contributed by atoms with Crippen LogP contribution in [0.2, 0.25) is 0 Å². The van der Waals surface area contributed by atoms with Crippen molar-refractivity contribution in [2.75, 3.05) is 6.54 Å². The smallest absolute Gasteiger partial charge is 0.416 e. The third kappa shape index (κ3) is 1.16. The molecule has 1 atom stereocenters. The van der Waals surface area contributed by atoms with Gasteiger partial charge in [0.25, 0.3) is 0 Å². The zero-order valence-electron chi connectivity index (χ0n) is 5.98. The van der Waals surface area contributed by atoms with Gasteiger partial charge in [0, 0.05) is 6.54 Å². The summed E-state index contributed by atoms with van der Waals surface area (Å²) in [6.07, 6.45) is -1.51. The molecule has 1 fully saturated rings. The number of nitrogens with two attached hydrogens (primary N) is 1. The van der Waals surface area contributed by atoms with Crippen LogP contribution in [0.15, 0.2) is 0 Å². The van der Waals surface area contributed by atoms with E-state index in [0.717, 1.165) is 0 Å². The molecule has 1 saturated heterocycles. The molecular formula is C5H7N3O4. The highest BCUT2D eigenvalue weighted by atomic mass is 16.4. The van der Waals surface area contributed by atoms with E-state index < -0.39 is 24.1 Å². The van der Waals surface area contributed by atoms with Crippen LogP contribution in [0.3, 0.4) is 0 Å². The molecule has 0 aromatic rings. The van der Waals surface area contributed by atoms with Crippen LogP contribution in [0.25, 0.3) is 0 Å². The number of β-lactam (4-membered cyclic amide) rings is 1.